The van der Waals surface area contributed by atoms with Crippen LogP contribution in [-0.4, -0.2) is 45.6 Å². The maximum atomic E-state index is 13.2. The van der Waals surface area contributed by atoms with Crippen molar-refractivity contribution in [2.75, 3.05) is 13.2 Å². The van der Waals surface area contributed by atoms with E-state index in [1.807, 2.05) is 38.1 Å². The zero-order valence-corrected chi connectivity index (χ0v) is 23.6. The Morgan fingerprint density at radius 1 is 1.33 bits per heavy atom. The molecule has 0 saturated heterocycles. The highest BCUT2D eigenvalue weighted by molar-refractivity contribution is 5.89. The van der Waals surface area contributed by atoms with Crippen LogP contribution in [0.15, 0.2) is 59.3 Å². The van der Waals surface area contributed by atoms with Crippen LogP contribution in [0, 0.1) is 5.92 Å². The number of unbranched alkanes of at least 4 members (excludes halogenated alkanes) is 1. The van der Waals surface area contributed by atoms with Crippen molar-refractivity contribution in [2.45, 2.75) is 71.9 Å². The van der Waals surface area contributed by atoms with Gasteiger partial charge in [0.25, 0.3) is 0 Å². The molecule has 2 atom stereocenters. The van der Waals surface area contributed by atoms with E-state index < -0.39 is 23.5 Å². The van der Waals surface area contributed by atoms with Gasteiger partial charge in [0.15, 0.2) is 0 Å². The Bertz CT molecular complexity index is 1240. The van der Waals surface area contributed by atoms with Crippen molar-refractivity contribution in [3.05, 3.63) is 77.6 Å². The minimum absolute atomic E-state index is 0.254. The van der Waals surface area contributed by atoms with Gasteiger partial charge >= 0.3 is 5.97 Å². The summed E-state index contributed by atoms with van der Waals surface area (Å²) in [5.74, 6) is -1.11. The number of allylic oxidation sites excluding steroid dienone is 5. The molecule has 1 aromatic carbocycles. The number of oxazole rings is 1. The standard InChI is InChI=1S/C31H41N3O5/c1-6-8-10-12-26(35)34-17-15-22-13-14-24(19-25(22)28(34)27(30(36)37)31(4,5)32)38-18-16-23-20-39-29(33-23)21(3)11-9-7-2/h6,8,10-14,19-20,27-28H,7,9,15-18,32H2,1-5H3,(H,36,37)/b8-6?,12-10?,21-11-. The fourth-order valence-corrected chi connectivity index (χ4v) is 4.85. The average molecular weight is 536 g/mol. The highest BCUT2D eigenvalue weighted by atomic mass is 16.5. The van der Waals surface area contributed by atoms with Crippen LogP contribution in [0.4, 0.5) is 0 Å². The zero-order valence-electron chi connectivity index (χ0n) is 23.6. The van der Waals surface area contributed by atoms with E-state index in [9.17, 15) is 14.7 Å². The number of aliphatic carboxylic acids is 1. The highest BCUT2D eigenvalue weighted by Crippen LogP contribution is 2.41. The third-order valence-corrected chi connectivity index (χ3v) is 6.86. The Morgan fingerprint density at radius 2 is 2.10 bits per heavy atom. The van der Waals surface area contributed by atoms with Crippen molar-refractivity contribution in [3.63, 3.8) is 0 Å². The van der Waals surface area contributed by atoms with Crippen LogP contribution >= 0.6 is 0 Å². The Labute approximate surface area is 231 Å². The van der Waals surface area contributed by atoms with Crippen molar-refractivity contribution in [1.29, 1.82) is 0 Å². The van der Waals surface area contributed by atoms with Crippen molar-refractivity contribution in [2.24, 2.45) is 11.7 Å². The Kier molecular flexibility index (Phi) is 10.3. The van der Waals surface area contributed by atoms with Crippen LogP contribution in [0.1, 0.15) is 76.2 Å². The van der Waals surface area contributed by atoms with Crippen LogP contribution in [0.2, 0.25) is 0 Å². The molecule has 3 rings (SSSR count). The fraction of sp³-hybridized carbons (Fsp3) is 0.452. The summed E-state index contributed by atoms with van der Waals surface area (Å²) in [5, 5.41) is 10.2. The van der Waals surface area contributed by atoms with E-state index in [4.69, 9.17) is 14.9 Å². The first-order valence-corrected chi connectivity index (χ1v) is 13.6. The topological polar surface area (TPSA) is 119 Å². The molecule has 0 radical (unpaired) electrons. The van der Waals surface area contributed by atoms with Gasteiger partial charge in [-0.1, -0.05) is 43.7 Å². The summed E-state index contributed by atoms with van der Waals surface area (Å²) in [5.41, 5.74) is 8.85. The van der Waals surface area contributed by atoms with Gasteiger partial charge in [0, 0.05) is 30.2 Å². The van der Waals surface area contributed by atoms with E-state index in [-0.39, 0.29) is 5.91 Å². The van der Waals surface area contributed by atoms with Crippen LogP contribution in [0.5, 0.6) is 5.75 Å². The fourth-order valence-electron chi connectivity index (χ4n) is 4.85. The molecular formula is C31H41N3O5. The number of nitrogens with zero attached hydrogens (tertiary/aromatic N) is 2. The second-order valence-corrected chi connectivity index (χ2v) is 10.5. The van der Waals surface area contributed by atoms with Crippen molar-refractivity contribution in [3.8, 4) is 5.75 Å². The molecule has 1 aliphatic rings. The molecule has 8 heteroatoms. The zero-order chi connectivity index (χ0) is 28.6. The van der Waals surface area contributed by atoms with Crippen molar-refractivity contribution < 1.29 is 23.8 Å². The maximum Gasteiger partial charge on any atom is 0.310 e. The van der Waals surface area contributed by atoms with E-state index in [0.29, 0.717) is 37.6 Å². The van der Waals surface area contributed by atoms with Gasteiger partial charge in [0.05, 0.1) is 24.3 Å². The number of carboxylic acids is 1. The molecule has 0 bridgehead atoms. The molecule has 2 unspecified atom stereocenters. The number of amides is 1. The summed E-state index contributed by atoms with van der Waals surface area (Å²) in [4.78, 5) is 31.9. The van der Waals surface area contributed by atoms with Gasteiger partial charge in [-0.3, -0.25) is 9.59 Å². The van der Waals surface area contributed by atoms with E-state index in [0.717, 1.165) is 35.2 Å². The Morgan fingerprint density at radius 3 is 2.77 bits per heavy atom. The summed E-state index contributed by atoms with van der Waals surface area (Å²) in [6.45, 7) is 10.1. The lowest BCUT2D eigenvalue weighted by atomic mass is 9.75. The number of benzene rings is 1. The molecule has 0 saturated carbocycles. The minimum Gasteiger partial charge on any atom is -0.493 e. The second kappa shape index (κ2) is 13.4. The normalized spacial score (nSPS) is 17.0. The SMILES string of the molecule is CC=CC=CC(=O)N1CCc2ccc(OCCc3coc(/C(C)=C\CCC)n3)cc2C1C(C(=O)O)C(C)(C)N. The van der Waals surface area contributed by atoms with Crippen molar-refractivity contribution in [1.82, 2.24) is 9.88 Å². The van der Waals surface area contributed by atoms with Gasteiger partial charge in [-0.2, -0.15) is 0 Å². The van der Waals surface area contributed by atoms with Gasteiger partial charge in [-0.25, -0.2) is 4.98 Å². The lowest BCUT2D eigenvalue weighted by molar-refractivity contribution is -0.149. The third-order valence-electron chi connectivity index (χ3n) is 6.86. The number of hydrogen-bond donors (Lipinski definition) is 2. The number of carboxylic acid groups (broad SMARTS) is 1. The van der Waals surface area contributed by atoms with Gasteiger partial charge in [-0.15, -0.1) is 0 Å². The molecule has 0 aliphatic carbocycles. The molecular weight excluding hydrogens is 494 g/mol. The van der Waals surface area contributed by atoms with Gasteiger partial charge in [0.1, 0.15) is 12.0 Å². The number of ether oxygens (including phenoxy) is 1. The molecule has 0 spiro atoms. The lowest BCUT2D eigenvalue weighted by Gasteiger charge is -2.44. The second-order valence-electron chi connectivity index (χ2n) is 10.5. The first kappa shape index (κ1) is 29.9. The Balaban J connectivity index is 1.85. The first-order chi connectivity index (χ1) is 18.6. The molecule has 0 fully saturated rings. The number of nitrogens with two attached hydrogens (primary N) is 1. The molecule has 2 heterocycles. The summed E-state index contributed by atoms with van der Waals surface area (Å²) >= 11 is 0. The van der Waals surface area contributed by atoms with Crippen LogP contribution in [0.25, 0.3) is 5.57 Å². The summed E-state index contributed by atoms with van der Waals surface area (Å²) in [6.07, 6.45) is 13.7. The third kappa shape index (κ3) is 7.69. The average Bonchev–Trinajstić information content (AvgIpc) is 3.35. The number of carbonyl (C=O) groups excluding carboxylic acids is 1. The summed E-state index contributed by atoms with van der Waals surface area (Å²) in [7, 11) is 0. The van der Waals surface area contributed by atoms with E-state index >= 15 is 0 Å². The summed E-state index contributed by atoms with van der Waals surface area (Å²) in [6, 6.07) is 4.94. The predicted molar refractivity (Wildman–Crippen MR) is 152 cm³/mol. The molecule has 1 aliphatic heterocycles. The van der Waals surface area contributed by atoms with Crippen LogP contribution in [-0.2, 0) is 22.4 Å². The predicted octanol–water partition coefficient (Wildman–Crippen LogP) is 5.50. The number of rotatable bonds is 12. The minimum atomic E-state index is -1.08. The van der Waals surface area contributed by atoms with E-state index in [2.05, 4.69) is 18.0 Å². The number of aromatic nitrogens is 1. The highest BCUT2D eigenvalue weighted by Gasteiger charge is 2.45. The number of hydrogen-bond acceptors (Lipinski definition) is 6. The number of carbonyl (C=O) groups is 2. The maximum absolute atomic E-state index is 13.2. The van der Waals surface area contributed by atoms with Gasteiger partial charge in [-0.05, 0) is 63.8 Å². The smallest absolute Gasteiger partial charge is 0.310 e. The van der Waals surface area contributed by atoms with E-state index in [1.54, 1.807) is 37.2 Å². The summed E-state index contributed by atoms with van der Waals surface area (Å²) < 4.78 is 11.7. The molecule has 210 valence electrons. The van der Waals surface area contributed by atoms with E-state index in [1.165, 1.54) is 6.08 Å². The molecule has 1 amide bonds. The van der Waals surface area contributed by atoms with Gasteiger partial charge in [0.2, 0.25) is 11.8 Å². The molecule has 3 N–H and O–H groups in total. The first-order valence-electron chi connectivity index (χ1n) is 13.6. The quantitative estimate of drug-likeness (QED) is 0.272. The molecule has 2 aromatic rings. The van der Waals surface area contributed by atoms with Crippen LogP contribution < -0.4 is 10.5 Å². The Hall–Kier alpha value is -3.65. The van der Waals surface area contributed by atoms with Crippen LogP contribution in [0.3, 0.4) is 0 Å². The lowest BCUT2D eigenvalue weighted by Crippen LogP contribution is -2.54. The molecule has 8 nitrogen and oxygen atoms in total. The van der Waals surface area contributed by atoms with Crippen molar-refractivity contribution >= 4 is 17.4 Å². The number of fused-ring (bicyclic) bond motifs is 1. The van der Waals surface area contributed by atoms with Gasteiger partial charge < -0.3 is 24.9 Å². The monoisotopic (exact) mass is 535 g/mol. The molecule has 39 heavy (non-hydrogen) atoms. The largest absolute Gasteiger partial charge is 0.493 e. The molecule has 1 aromatic heterocycles.